The average molecular weight is 350 g/mol. The van der Waals surface area contributed by atoms with Gasteiger partial charge in [-0.05, 0) is 0 Å². The number of nitrogens with zero attached hydrogens (tertiary/aromatic N) is 1. The van der Waals surface area contributed by atoms with Crippen LogP contribution in [0.15, 0.2) is 40.0 Å². The van der Waals surface area contributed by atoms with Crippen molar-refractivity contribution < 1.29 is 9.59 Å². The van der Waals surface area contributed by atoms with Crippen molar-refractivity contribution in [2.24, 2.45) is 0 Å². The zero-order chi connectivity index (χ0) is 13.3. The summed E-state index contributed by atoms with van der Waals surface area (Å²) in [6.45, 7) is 0.492. The zero-order valence-corrected chi connectivity index (χ0v) is 13.8. The first-order valence-electron chi connectivity index (χ1n) is 6.01. The molecule has 0 bridgehead atoms. The van der Waals surface area contributed by atoms with Crippen molar-refractivity contribution in [3.8, 4) is 0 Å². The van der Waals surface area contributed by atoms with Gasteiger partial charge in [-0.3, -0.25) is 0 Å². The molecular weight excluding hydrogens is 333 g/mol. The molecule has 0 saturated heterocycles. The summed E-state index contributed by atoms with van der Waals surface area (Å²) >= 11 is -2.24. The van der Waals surface area contributed by atoms with Gasteiger partial charge >= 0.3 is 112 Å². The molecule has 0 unspecified atom stereocenters. The Balaban J connectivity index is 2.19. The van der Waals surface area contributed by atoms with Crippen LogP contribution in [0.1, 0.15) is 10.4 Å². The third-order valence-electron chi connectivity index (χ3n) is 3.12. The number of carbonyl (C=O) groups excluding carboxylic acids is 2. The fourth-order valence-corrected chi connectivity index (χ4v) is 5.28. The molecule has 0 fully saturated rings. The van der Waals surface area contributed by atoms with Crippen molar-refractivity contribution in [1.29, 1.82) is 0 Å². The van der Waals surface area contributed by atoms with Crippen molar-refractivity contribution in [1.82, 2.24) is 4.90 Å². The maximum atomic E-state index is 12.2. The molecule has 0 radical (unpaired) electrons. The van der Waals surface area contributed by atoms with E-state index in [0.717, 1.165) is 0 Å². The Bertz CT molecular complexity index is 514. The van der Waals surface area contributed by atoms with Gasteiger partial charge in [-0.1, -0.05) is 0 Å². The predicted molar refractivity (Wildman–Crippen MR) is 73.9 cm³/mol. The van der Waals surface area contributed by atoms with Crippen LogP contribution in [0.5, 0.6) is 0 Å². The van der Waals surface area contributed by atoms with Gasteiger partial charge in [-0.15, -0.1) is 0 Å². The Hall–Kier alpha value is -1.10. The van der Waals surface area contributed by atoms with E-state index in [-0.39, 0.29) is 11.8 Å². The van der Waals surface area contributed by atoms with Gasteiger partial charge in [0, 0.05) is 0 Å². The first-order chi connectivity index (χ1) is 8.39. The molecule has 1 aromatic carbocycles. The molecule has 0 saturated carbocycles. The second kappa shape index (κ2) is 4.88. The molecule has 2 rings (SSSR count). The number of benzene rings is 1. The van der Waals surface area contributed by atoms with Gasteiger partial charge < -0.3 is 0 Å². The third kappa shape index (κ3) is 2.66. The van der Waals surface area contributed by atoms with Crippen LogP contribution in [0.3, 0.4) is 0 Å². The summed E-state index contributed by atoms with van der Waals surface area (Å²) < 4.78 is 1.21. The van der Waals surface area contributed by atoms with Crippen molar-refractivity contribution in [2.75, 3.05) is 6.54 Å². The quantitative estimate of drug-likeness (QED) is 0.607. The molecule has 0 aliphatic carbocycles. The van der Waals surface area contributed by atoms with Crippen molar-refractivity contribution in [2.45, 2.75) is 14.8 Å². The number of carbonyl (C=O) groups is 2. The van der Waals surface area contributed by atoms with E-state index in [2.05, 4.69) is 14.8 Å². The minimum absolute atomic E-state index is 0.162. The Labute approximate surface area is 111 Å². The molecule has 0 atom stereocenters. The van der Waals surface area contributed by atoms with Gasteiger partial charge in [-0.2, -0.15) is 0 Å². The van der Waals surface area contributed by atoms with Gasteiger partial charge in [0.25, 0.3) is 0 Å². The van der Waals surface area contributed by atoms with Crippen molar-refractivity contribution in [3.05, 3.63) is 45.6 Å². The summed E-state index contributed by atoms with van der Waals surface area (Å²) in [4.78, 5) is 32.3. The molecule has 2 amide bonds. The fourth-order valence-electron chi connectivity index (χ4n) is 1.88. The van der Waals surface area contributed by atoms with Crippen LogP contribution >= 0.6 is 0 Å². The normalized spacial score (nSPS) is 15.8. The van der Waals surface area contributed by atoms with E-state index in [1.165, 1.54) is 8.49 Å². The summed E-state index contributed by atoms with van der Waals surface area (Å²) in [7, 11) is 0. The molecule has 1 heterocycles. The second-order valence-electron chi connectivity index (χ2n) is 5.52. The SMILES string of the molecule is [CH3][Sn]([CH3])([CH3])[C]1=CC(=O)N(C(=O)c2ccccc2)C1. The molecule has 0 aromatic heterocycles. The fraction of sp³-hybridized carbons (Fsp3) is 0.286. The first kappa shape index (κ1) is 13.3. The van der Waals surface area contributed by atoms with Crippen molar-refractivity contribution in [3.63, 3.8) is 0 Å². The van der Waals surface area contributed by atoms with Gasteiger partial charge in [0.1, 0.15) is 0 Å². The van der Waals surface area contributed by atoms with Crippen molar-refractivity contribution >= 4 is 30.2 Å². The summed E-state index contributed by atoms with van der Waals surface area (Å²) in [5.41, 5.74) is 0.574. The number of imide groups is 1. The second-order valence-corrected chi connectivity index (χ2v) is 20.2. The van der Waals surface area contributed by atoms with E-state index in [0.29, 0.717) is 12.1 Å². The number of amides is 2. The molecule has 1 aliphatic heterocycles. The average Bonchev–Trinajstić information content (AvgIpc) is 2.71. The maximum absolute atomic E-state index is 12.2. The van der Waals surface area contributed by atoms with Gasteiger partial charge in [0.2, 0.25) is 0 Å². The van der Waals surface area contributed by atoms with Gasteiger partial charge in [-0.25, -0.2) is 0 Å². The molecule has 1 aliphatic rings. The van der Waals surface area contributed by atoms with Crippen LogP contribution in [-0.2, 0) is 4.79 Å². The van der Waals surface area contributed by atoms with Crippen LogP contribution < -0.4 is 0 Å². The van der Waals surface area contributed by atoms with E-state index in [9.17, 15) is 9.59 Å². The van der Waals surface area contributed by atoms with Crippen LogP contribution in [0.2, 0.25) is 14.8 Å². The van der Waals surface area contributed by atoms with Crippen LogP contribution in [0.4, 0.5) is 0 Å². The van der Waals surface area contributed by atoms with Gasteiger partial charge in [0.15, 0.2) is 0 Å². The topological polar surface area (TPSA) is 37.4 Å². The Morgan fingerprint density at radius 1 is 1.17 bits per heavy atom. The molecule has 0 spiro atoms. The van der Waals surface area contributed by atoms with E-state index < -0.39 is 18.4 Å². The summed E-state index contributed by atoms with van der Waals surface area (Å²) in [6.07, 6.45) is 1.68. The zero-order valence-electron chi connectivity index (χ0n) is 10.9. The summed E-state index contributed by atoms with van der Waals surface area (Å²) in [6, 6.07) is 8.97. The van der Waals surface area contributed by atoms with E-state index in [4.69, 9.17) is 0 Å². The molecule has 0 N–H and O–H groups in total. The minimum atomic E-state index is -2.24. The van der Waals surface area contributed by atoms with E-state index in [1.54, 1.807) is 18.2 Å². The summed E-state index contributed by atoms with van der Waals surface area (Å²) in [5, 5.41) is 0. The third-order valence-corrected chi connectivity index (χ3v) is 9.48. The molecule has 94 valence electrons. The Kier molecular flexibility index (Phi) is 3.61. The Morgan fingerprint density at radius 3 is 2.28 bits per heavy atom. The molecule has 1 aromatic rings. The molecule has 18 heavy (non-hydrogen) atoms. The number of hydrogen-bond donors (Lipinski definition) is 0. The Morgan fingerprint density at radius 2 is 1.78 bits per heavy atom. The molecule has 3 nitrogen and oxygen atoms in total. The first-order valence-corrected chi connectivity index (χ1v) is 16.0. The molecule has 4 heteroatoms. The molecular formula is C14H17NO2Sn. The predicted octanol–water partition coefficient (Wildman–Crippen LogP) is 2.47. The number of hydrogen-bond acceptors (Lipinski definition) is 2. The van der Waals surface area contributed by atoms with Crippen LogP contribution in [-0.4, -0.2) is 41.6 Å². The number of rotatable bonds is 2. The van der Waals surface area contributed by atoms with E-state index in [1.807, 2.05) is 18.2 Å². The van der Waals surface area contributed by atoms with Gasteiger partial charge in [0.05, 0.1) is 0 Å². The van der Waals surface area contributed by atoms with Crippen LogP contribution in [0, 0.1) is 0 Å². The van der Waals surface area contributed by atoms with E-state index >= 15 is 0 Å². The standard InChI is InChI=1S/C11H8NO2.3CH3.Sn/c13-10-7-4-8-12(10)11(14)9-5-2-1-3-6-9;;;;/h1-3,5-7H,8H2;3*1H3;. The van der Waals surface area contributed by atoms with Crippen LogP contribution in [0.25, 0.3) is 0 Å². The monoisotopic (exact) mass is 351 g/mol. The summed E-state index contributed by atoms with van der Waals surface area (Å²) in [5.74, 6) is -0.354.